The molecule has 0 aromatic heterocycles. The fourth-order valence-corrected chi connectivity index (χ4v) is 9.61. The second kappa shape index (κ2) is 21.8. The number of ketones is 1. The number of anilines is 3. The van der Waals surface area contributed by atoms with Crippen molar-refractivity contribution in [1.29, 1.82) is 0 Å². The molecule has 0 fully saturated rings. The van der Waals surface area contributed by atoms with Gasteiger partial charge in [-0.25, -0.2) is 0 Å². The Morgan fingerprint density at radius 1 is 0.608 bits per heavy atom. The average molecular weight is 1000 g/mol. The van der Waals surface area contributed by atoms with Crippen LogP contribution < -0.4 is 44.7 Å². The van der Waals surface area contributed by atoms with Crippen LogP contribution in [0.4, 0.5) is 28.4 Å². The number of benzene rings is 5. The molecule has 4 atom stereocenters. The molecule has 9 rings (SSSR count). The maximum Gasteiger partial charge on any atom is 0.261 e. The first kappa shape index (κ1) is 50.6. The first-order chi connectivity index (χ1) is 35.7. The highest BCUT2D eigenvalue weighted by atomic mass is 16.5. The normalized spacial score (nSPS) is 16.6. The van der Waals surface area contributed by atoms with Gasteiger partial charge in [0.1, 0.15) is 31.1 Å². The molecule has 4 aliphatic rings. The molecule has 5 aromatic carbocycles. The molecule has 0 saturated carbocycles. The highest BCUT2D eigenvalue weighted by Crippen LogP contribution is 2.43. The molecule has 0 saturated heterocycles. The molecule has 0 aliphatic carbocycles. The van der Waals surface area contributed by atoms with Crippen LogP contribution in [0.3, 0.4) is 0 Å². The number of carbonyl (C=O) groups is 6. The number of methoxy groups -OCH3 is 2. The fraction of sp³-hybridized carbons (Fsp3) is 0.333. The minimum Gasteiger partial charge on any atom is -0.493 e. The third-order valence-corrected chi connectivity index (χ3v) is 13.6. The maximum absolute atomic E-state index is 14.1. The lowest BCUT2D eigenvalue weighted by molar-refractivity contribution is -0.130. The van der Waals surface area contributed by atoms with Crippen molar-refractivity contribution < 1.29 is 47.7 Å². The zero-order valence-corrected chi connectivity index (χ0v) is 42.2. The van der Waals surface area contributed by atoms with Crippen LogP contribution in [0, 0.1) is 5.92 Å². The van der Waals surface area contributed by atoms with Gasteiger partial charge in [-0.2, -0.15) is 0 Å². The second-order valence-corrected chi connectivity index (χ2v) is 19.2. The Morgan fingerprint density at radius 3 is 1.59 bits per heavy atom. The van der Waals surface area contributed by atoms with E-state index in [2.05, 4.69) is 16.0 Å². The van der Waals surface area contributed by atoms with Crippen molar-refractivity contribution in [2.75, 3.05) is 29.3 Å². The molecule has 0 spiro atoms. The van der Waals surface area contributed by atoms with Gasteiger partial charge in [0.15, 0.2) is 23.0 Å². The zero-order valence-electron chi connectivity index (χ0n) is 42.2. The summed E-state index contributed by atoms with van der Waals surface area (Å²) in [6.45, 7) is 6.70. The molecule has 17 nitrogen and oxygen atoms in total. The van der Waals surface area contributed by atoms with Crippen LogP contribution in [0.5, 0.6) is 23.0 Å². The van der Waals surface area contributed by atoms with Crippen LogP contribution in [0.2, 0.25) is 0 Å². The molecular weight excluding hydrogens is 943 g/mol. The van der Waals surface area contributed by atoms with Gasteiger partial charge in [0, 0.05) is 73.2 Å². The van der Waals surface area contributed by atoms with Gasteiger partial charge in [-0.05, 0) is 91.4 Å². The lowest BCUT2D eigenvalue weighted by atomic mass is 10.0. The number of nitrogens with one attached hydrogen (secondary N) is 3. The summed E-state index contributed by atoms with van der Waals surface area (Å²) in [5.74, 6) is -0.433. The number of hydrogen-bond acceptors (Lipinski definition) is 12. The number of para-hydroxylation sites is 2. The van der Waals surface area contributed by atoms with E-state index in [1.165, 1.54) is 28.1 Å². The van der Waals surface area contributed by atoms with Gasteiger partial charge in [0.25, 0.3) is 11.8 Å². The van der Waals surface area contributed by atoms with E-state index in [9.17, 15) is 28.8 Å². The molecule has 4 aliphatic heterocycles. The van der Waals surface area contributed by atoms with Crippen molar-refractivity contribution in [1.82, 2.24) is 10.6 Å². The van der Waals surface area contributed by atoms with Gasteiger partial charge in [0.05, 0.1) is 48.8 Å². The monoisotopic (exact) mass is 1000 g/mol. The summed E-state index contributed by atoms with van der Waals surface area (Å²) < 4.78 is 24.4. The Bertz CT molecular complexity index is 2950. The Balaban J connectivity index is 0.928. The van der Waals surface area contributed by atoms with Crippen LogP contribution in [0.15, 0.2) is 101 Å². The van der Waals surface area contributed by atoms with E-state index in [-0.39, 0.29) is 61.1 Å². The zero-order chi connectivity index (χ0) is 52.2. The minimum atomic E-state index is -1.02. The van der Waals surface area contributed by atoms with Crippen LogP contribution in [-0.2, 0) is 45.2 Å². The van der Waals surface area contributed by atoms with Gasteiger partial charge in [-0.3, -0.25) is 48.6 Å². The molecule has 4 unspecified atom stereocenters. The van der Waals surface area contributed by atoms with E-state index in [0.717, 1.165) is 22.5 Å². The smallest absolute Gasteiger partial charge is 0.261 e. The Labute approximate surface area is 429 Å². The molecule has 5 aromatic rings. The minimum absolute atomic E-state index is 0.0248. The van der Waals surface area contributed by atoms with E-state index < -0.39 is 23.9 Å². The van der Waals surface area contributed by atoms with Crippen molar-refractivity contribution in [3.63, 3.8) is 0 Å². The highest BCUT2D eigenvalue weighted by Gasteiger charge is 2.38. The lowest BCUT2D eigenvalue weighted by Gasteiger charge is -2.22. The number of ether oxygens (including phenoxy) is 4. The summed E-state index contributed by atoms with van der Waals surface area (Å²) in [4.78, 5) is 92.7. The molecule has 0 bridgehead atoms. The maximum atomic E-state index is 14.1. The van der Waals surface area contributed by atoms with E-state index in [0.29, 0.717) is 94.4 Å². The van der Waals surface area contributed by atoms with Gasteiger partial charge in [0.2, 0.25) is 17.7 Å². The van der Waals surface area contributed by atoms with Crippen LogP contribution in [0.1, 0.15) is 96.3 Å². The summed E-state index contributed by atoms with van der Waals surface area (Å²) in [5.41, 5.74) is 7.01. The van der Waals surface area contributed by atoms with Crippen molar-refractivity contribution >= 4 is 76.2 Å². The third kappa shape index (κ3) is 10.7. The number of Topliss-reactive ketones (excluding diaryl/α,β-unsaturated/α-hetero) is 1. The van der Waals surface area contributed by atoms with Gasteiger partial charge >= 0.3 is 0 Å². The Morgan fingerprint density at radius 2 is 1.09 bits per heavy atom. The van der Waals surface area contributed by atoms with Crippen molar-refractivity contribution in [2.45, 2.75) is 104 Å². The van der Waals surface area contributed by atoms with Gasteiger partial charge in [-0.1, -0.05) is 50.2 Å². The number of rotatable bonds is 19. The second-order valence-electron chi connectivity index (χ2n) is 19.2. The summed E-state index contributed by atoms with van der Waals surface area (Å²) in [5, 5.41) is 8.26. The molecule has 74 heavy (non-hydrogen) atoms. The number of nitrogens with zero attached hydrogens (tertiary/aromatic N) is 4. The van der Waals surface area contributed by atoms with Crippen LogP contribution in [0.25, 0.3) is 0 Å². The van der Waals surface area contributed by atoms with E-state index in [1.807, 2.05) is 68.4 Å². The summed E-state index contributed by atoms with van der Waals surface area (Å²) in [6.07, 6.45) is 6.50. The first-order valence-electron chi connectivity index (χ1n) is 24.9. The van der Waals surface area contributed by atoms with E-state index in [4.69, 9.17) is 28.9 Å². The van der Waals surface area contributed by atoms with Crippen LogP contribution >= 0.6 is 0 Å². The molecule has 3 N–H and O–H groups in total. The number of fused-ring (bicyclic) bond motifs is 8. The van der Waals surface area contributed by atoms with E-state index in [1.54, 1.807) is 58.6 Å². The number of amides is 5. The molecule has 382 valence electrons. The number of aliphatic imine (C=N–C) groups is 2. The quantitative estimate of drug-likeness (QED) is 0.0677. The predicted octanol–water partition coefficient (Wildman–Crippen LogP) is 8.17. The Kier molecular flexibility index (Phi) is 14.9. The van der Waals surface area contributed by atoms with Gasteiger partial charge < -0.3 is 34.9 Å². The summed E-state index contributed by atoms with van der Waals surface area (Å²) in [7, 11) is 2.99. The summed E-state index contributed by atoms with van der Waals surface area (Å²) in [6, 6.07) is 25.1. The molecule has 4 heterocycles. The first-order valence-corrected chi connectivity index (χ1v) is 24.9. The number of carbonyl (C=O) groups excluding carboxylic acids is 6. The third-order valence-electron chi connectivity index (χ3n) is 13.6. The number of unbranched alkanes of at least 4 members (excludes halogenated alkanes) is 1. The highest BCUT2D eigenvalue weighted by molar-refractivity contribution is 6.16. The molecular formula is C57H59N7O10. The van der Waals surface area contributed by atoms with Crippen LogP contribution in [-0.4, -0.2) is 86.1 Å². The summed E-state index contributed by atoms with van der Waals surface area (Å²) >= 11 is 0. The van der Waals surface area contributed by atoms with Crippen molar-refractivity contribution in [3.8, 4) is 23.0 Å². The van der Waals surface area contributed by atoms with E-state index >= 15 is 0 Å². The molecule has 5 amide bonds. The van der Waals surface area contributed by atoms with Crippen molar-refractivity contribution in [2.24, 2.45) is 15.9 Å². The SMILES string of the molecule is COc1cc2c(cc1OCc1cc(COc3cc4c(cc3OC)C(=O)N3c5ccccc5CC3C=N4)cc(NC(=O)C(C)NC(=O)C(C)NC(=O)CCCCC(=O)C(C)C)c1)N=CC1Cc3ccccc3N1C2=O. The molecule has 0 radical (unpaired) electrons. The Hall–Kier alpha value is -8.34. The standard InChI is InChI=1S/C57H59N7O10/c1-32(2)48(65)17-11-12-18-53(66)60-33(3)54(67)61-34(4)55(68)62-39-20-35(30-73-51-26-44-42(24-49(51)71-5)56(69)63-40(28-58-44)22-37-13-7-9-15-46(37)63)19-36(21-39)31-74-52-27-45-43(25-50(52)72-6)57(70)64-41(29-59-45)23-38-14-8-10-16-47(38)64/h7-10,13-16,19-21,24-29,32-34,40-41H,11-12,17-18,22-23,30-31H2,1-6H3,(H,60,66)(H,61,67)(H,62,68). The predicted molar refractivity (Wildman–Crippen MR) is 281 cm³/mol. The van der Waals surface area contributed by atoms with Gasteiger partial charge in [-0.15, -0.1) is 0 Å². The lowest BCUT2D eigenvalue weighted by Crippen LogP contribution is -2.50. The fourth-order valence-electron chi connectivity index (χ4n) is 9.61. The molecule has 17 heteroatoms. The topological polar surface area (TPSA) is 207 Å². The average Bonchev–Trinajstić information content (AvgIpc) is 3.89. The number of hydrogen-bond donors (Lipinski definition) is 3. The largest absolute Gasteiger partial charge is 0.493 e. The van der Waals surface area contributed by atoms with Crippen molar-refractivity contribution in [3.05, 3.63) is 124 Å².